The molecule has 1 aromatic rings. The number of hydrogen-bond donors (Lipinski definition) is 1. The number of rotatable bonds is 2. The lowest BCUT2D eigenvalue weighted by Crippen LogP contribution is -2.56. The van der Waals surface area contributed by atoms with Gasteiger partial charge in [0.05, 0.1) is 0 Å². The Balaban J connectivity index is 2.40. The Morgan fingerprint density at radius 1 is 1.50 bits per heavy atom. The molecule has 2 N–H and O–H groups in total. The lowest BCUT2D eigenvalue weighted by atomic mass is 9.91. The minimum Gasteiger partial charge on any atom is -0.327 e. The van der Waals surface area contributed by atoms with Crippen LogP contribution in [0.2, 0.25) is 0 Å². The standard InChI is InChI=1S/C12H19N3O2S/c1-12(2)6-5-10(13)9-15(12)18(16,17)11-4-3-7-14-8-11/h3-4,7-8,10H,5-6,9,13H2,1-2H3. The van der Waals surface area contributed by atoms with Crippen molar-refractivity contribution in [2.45, 2.75) is 43.2 Å². The molecule has 0 aliphatic carbocycles. The minimum absolute atomic E-state index is 0.0931. The van der Waals surface area contributed by atoms with Crippen LogP contribution in [0.3, 0.4) is 0 Å². The Labute approximate surface area is 108 Å². The lowest BCUT2D eigenvalue weighted by molar-refractivity contribution is 0.154. The Morgan fingerprint density at radius 3 is 2.83 bits per heavy atom. The molecule has 0 spiro atoms. The molecule has 18 heavy (non-hydrogen) atoms. The van der Waals surface area contributed by atoms with Crippen molar-refractivity contribution in [3.63, 3.8) is 0 Å². The molecule has 2 heterocycles. The first-order chi connectivity index (χ1) is 8.34. The molecule has 0 radical (unpaired) electrons. The van der Waals surface area contributed by atoms with Crippen molar-refractivity contribution in [3.8, 4) is 0 Å². The highest BCUT2D eigenvalue weighted by Gasteiger charge is 2.41. The molecule has 1 aromatic heterocycles. The molecule has 0 amide bonds. The van der Waals surface area contributed by atoms with E-state index in [1.165, 1.54) is 10.5 Å². The first-order valence-electron chi connectivity index (χ1n) is 6.02. The zero-order chi connectivity index (χ0) is 13.4. The van der Waals surface area contributed by atoms with E-state index in [4.69, 9.17) is 5.73 Å². The Hall–Kier alpha value is -0.980. The highest BCUT2D eigenvalue weighted by molar-refractivity contribution is 7.89. The van der Waals surface area contributed by atoms with Crippen molar-refractivity contribution < 1.29 is 8.42 Å². The van der Waals surface area contributed by atoms with Crippen molar-refractivity contribution in [2.75, 3.05) is 6.54 Å². The quantitative estimate of drug-likeness (QED) is 0.868. The number of piperidine rings is 1. The largest absolute Gasteiger partial charge is 0.327 e. The van der Waals surface area contributed by atoms with Gasteiger partial charge in [0, 0.05) is 30.5 Å². The topological polar surface area (TPSA) is 76.3 Å². The molecular weight excluding hydrogens is 250 g/mol. The molecule has 1 unspecified atom stereocenters. The first-order valence-corrected chi connectivity index (χ1v) is 7.46. The van der Waals surface area contributed by atoms with E-state index in [0.29, 0.717) is 6.54 Å². The van der Waals surface area contributed by atoms with Crippen LogP contribution in [0, 0.1) is 0 Å². The van der Waals surface area contributed by atoms with E-state index in [1.807, 2.05) is 13.8 Å². The molecule has 0 saturated carbocycles. The number of hydrogen-bond acceptors (Lipinski definition) is 4. The fraction of sp³-hybridized carbons (Fsp3) is 0.583. The van der Waals surface area contributed by atoms with Crippen LogP contribution in [0.25, 0.3) is 0 Å². The van der Waals surface area contributed by atoms with Gasteiger partial charge < -0.3 is 5.73 Å². The molecule has 0 bridgehead atoms. The summed E-state index contributed by atoms with van der Waals surface area (Å²) in [6.07, 6.45) is 4.57. The van der Waals surface area contributed by atoms with Crippen LogP contribution in [0.15, 0.2) is 29.4 Å². The van der Waals surface area contributed by atoms with Crippen LogP contribution in [0.1, 0.15) is 26.7 Å². The summed E-state index contributed by atoms with van der Waals surface area (Å²) < 4.78 is 26.7. The van der Waals surface area contributed by atoms with Crippen molar-refractivity contribution in [2.24, 2.45) is 5.73 Å². The van der Waals surface area contributed by atoms with Gasteiger partial charge in [-0.15, -0.1) is 0 Å². The number of sulfonamides is 1. The van der Waals surface area contributed by atoms with E-state index in [0.717, 1.165) is 12.8 Å². The number of nitrogens with zero attached hydrogens (tertiary/aromatic N) is 2. The van der Waals surface area contributed by atoms with E-state index in [9.17, 15) is 8.42 Å². The third-order valence-electron chi connectivity index (χ3n) is 3.42. The number of nitrogens with two attached hydrogens (primary N) is 1. The highest BCUT2D eigenvalue weighted by atomic mass is 32.2. The summed E-state index contributed by atoms with van der Waals surface area (Å²) >= 11 is 0. The van der Waals surface area contributed by atoms with Gasteiger partial charge in [-0.3, -0.25) is 4.98 Å². The van der Waals surface area contributed by atoms with Crippen LogP contribution in [-0.4, -0.2) is 35.8 Å². The molecule has 100 valence electrons. The zero-order valence-electron chi connectivity index (χ0n) is 10.7. The first kappa shape index (κ1) is 13.5. The zero-order valence-corrected chi connectivity index (χ0v) is 11.5. The van der Waals surface area contributed by atoms with Crippen molar-refractivity contribution >= 4 is 10.0 Å². The predicted octanol–water partition coefficient (Wildman–Crippen LogP) is 0.972. The smallest absolute Gasteiger partial charge is 0.245 e. The molecule has 6 heteroatoms. The van der Waals surface area contributed by atoms with Crippen molar-refractivity contribution in [1.29, 1.82) is 0 Å². The molecule has 5 nitrogen and oxygen atoms in total. The van der Waals surface area contributed by atoms with Gasteiger partial charge in [-0.05, 0) is 38.8 Å². The van der Waals surface area contributed by atoms with Crippen LogP contribution < -0.4 is 5.73 Å². The van der Waals surface area contributed by atoms with E-state index in [1.54, 1.807) is 18.3 Å². The lowest BCUT2D eigenvalue weighted by Gasteiger charge is -2.43. The second-order valence-electron chi connectivity index (χ2n) is 5.34. The maximum atomic E-state index is 12.6. The molecule has 1 fully saturated rings. The molecule has 1 atom stereocenters. The fourth-order valence-electron chi connectivity index (χ4n) is 2.27. The Kier molecular flexibility index (Phi) is 3.44. The van der Waals surface area contributed by atoms with Crippen molar-refractivity contribution in [3.05, 3.63) is 24.5 Å². The summed E-state index contributed by atoms with van der Waals surface area (Å²) in [5.41, 5.74) is 5.50. The molecule has 1 saturated heterocycles. The van der Waals surface area contributed by atoms with Gasteiger partial charge >= 0.3 is 0 Å². The van der Waals surface area contributed by atoms with Crippen LogP contribution in [-0.2, 0) is 10.0 Å². The van der Waals surface area contributed by atoms with Crippen LogP contribution in [0.5, 0.6) is 0 Å². The van der Waals surface area contributed by atoms with Crippen LogP contribution in [0.4, 0.5) is 0 Å². The average Bonchev–Trinajstić information content (AvgIpc) is 2.33. The Bertz CT molecular complexity index is 513. The minimum atomic E-state index is -3.51. The second kappa shape index (κ2) is 4.60. The van der Waals surface area contributed by atoms with Gasteiger partial charge in [-0.25, -0.2) is 8.42 Å². The van der Waals surface area contributed by atoms with Gasteiger partial charge in [0.2, 0.25) is 10.0 Å². The average molecular weight is 269 g/mol. The highest BCUT2D eigenvalue weighted by Crippen LogP contribution is 2.32. The summed E-state index contributed by atoms with van der Waals surface area (Å²) in [6, 6.07) is 3.10. The van der Waals surface area contributed by atoms with E-state index >= 15 is 0 Å². The van der Waals surface area contributed by atoms with Gasteiger partial charge in [0.15, 0.2) is 0 Å². The molecule has 1 aliphatic rings. The van der Waals surface area contributed by atoms with E-state index in [2.05, 4.69) is 4.98 Å². The summed E-state index contributed by atoms with van der Waals surface area (Å²) in [5, 5.41) is 0. The summed E-state index contributed by atoms with van der Waals surface area (Å²) in [6.45, 7) is 4.24. The summed E-state index contributed by atoms with van der Waals surface area (Å²) in [7, 11) is -3.51. The SMILES string of the molecule is CC1(C)CCC(N)CN1S(=O)(=O)c1cccnc1. The van der Waals surface area contributed by atoms with Gasteiger partial charge in [-0.2, -0.15) is 4.31 Å². The van der Waals surface area contributed by atoms with Gasteiger partial charge in [0.25, 0.3) is 0 Å². The van der Waals surface area contributed by atoms with E-state index in [-0.39, 0.29) is 10.9 Å². The number of aromatic nitrogens is 1. The third-order valence-corrected chi connectivity index (χ3v) is 5.49. The predicted molar refractivity (Wildman–Crippen MR) is 69.4 cm³/mol. The number of pyridine rings is 1. The Morgan fingerprint density at radius 2 is 2.22 bits per heavy atom. The van der Waals surface area contributed by atoms with Crippen molar-refractivity contribution in [1.82, 2.24) is 9.29 Å². The maximum Gasteiger partial charge on any atom is 0.245 e. The van der Waals surface area contributed by atoms with Crippen LogP contribution >= 0.6 is 0 Å². The summed E-state index contributed by atoms with van der Waals surface area (Å²) in [5.74, 6) is 0. The maximum absolute atomic E-state index is 12.6. The molecule has 2 rings (SSSR count). The summed E-state index contributed by atoms with van der Waals surface area (Å²) in [4.78, 5) is 4.10. The monoisotopic (exact) mass is 269 g/mol. The molecular formula is C12H19N3O2S. The molecule has 1 aliphatic heterocycles. The van der Waals surface area contributed by atoms with E-state index < -0.39 is 15.6 Å². The normalized spacial score (nSPS) is 24.9. The third kappa shape index (κ3) is 2.41. The fourth-order valence-corrected chi connectivity index (χ4v) is 4.09. The second-order valence-corrected chi connectivity index (χ2v) is 7.20. The molecule has 0 aromatic carbocycles. The van der Waals surface area contributed by atoms with Gasteiger partial charge in [0.1, 0.15) is 4.90 Å². The van der Waals surface area contributed by atoms with Gasteiger partial charge in [-0.1, -0.05) is 0 Å².